The molecule has 0 aliphatic carbocycles. The molecule has 4 aliphatic heterocycles. The molecule has 4 heterocycles. The number of benzene rings is 1. The number of fused-ring (bicyclic) bond motifs is 1. The van der Waals surface area contributed by atoms with Gasteiger partial charge in [-0.2, -0.15) is 0 Å². The third-order valence-corrected chi connectivity index (χ3v) is 7.50. The molecule has 0 bridgehead atoms. The summed E-state index contributed by atoms with van der Waals surface area (Å²) in [4.78, 5) is 53.7. The highest BCUT2D eigenvalue weighted by Gasteiger charge is 2.47. The Kier molecular flexibility index (Phi) is 6.99. The minimum absolute atomic E-state index is 0.0188. The van der Waals surface area contributed by atoms with Crippen LogP contribution in [0, 0.1) is 0 Å². The van der Waals surface area contributed by atoms with Crippen LogP contribution in [-0.2, 0) is 9.59 Å². The summed E-state index contributed by atoms with van der Waals surface area (Å²) in [6, 6.07) is 6.78. The van der Waals surface area contributed by atoms with Gasteiger partial charge in [0.15, 0.2) is 6.17 Å². The number of dihydropyridines is 1. The highest BCUT2D eigenvalue weighted by molar-refractivity contribution is 6.13. The second kappa shape index (κ2) is 10.4. The molecule has 37 heavy (non-hydrogen) atoms. The van der Waals surface area contributed by atoms with E-state index in [1.165, 1.54) is 0 Å². The Labute approximate surface area is 217 Å². The average Bonchev–Trinajstić information content (AvgIpc) is 3.43. The summed E-state index contributed by atoms with van der Waals surface area (Å²) in [5.41, 5.74) is 6.54. The minimum atomic E-state index is -0.808. The van der Waals surface area contributed by atoms with E-state index in [2.05, 4.69) is 5.32 Å². The monoisotopic (exact) mass is 505 g/mol. The fourth-order valence-electron chi connectivity index (χ4n) is 5.57. The van der Waals surface area contributed by atoms with Gasteiger partial charge in [0.25, 0.3) is 11.8 Å². The molecule has 1 aromatic rings. The number of rotatable bonds is 6. The van der Waals surface area contributed by atoms with Gasteiger partial charge in [-0.3, -0.25) is 24.7 Å². The maximum absolute atomic E-state index is 13.2. The zero-order chi connectivity index (χ0) is 26.0. The van der Waals surface area contributed by atoms with Crippen molar-refractivity contribution >= 4 is 35.6 Å². The molecule has 196 valence electrons. The molecule has 10 nitrogen and oxygen atoms in total. The Balaban J connectivity index is 1.36. The average molecular weight is 506 g/mol. The summed E-state index contributed by atoms with van der Waals surface area (Å²) in [6.45, 7) is 5.45. The number of aliphatic imine (C=N–C) groups is 2. The Bertz CT molecular complexity index is 1170. The van der Waals surface area contributed by atoms with E-state index in [1.807, 2.05) is 27.7 Å². The third-order valence-electron chi connectivity index (χ3n) is 7.50. The molecule has 4 aliphatic rings. The summed E-state index contributed by atoms with van der Waals surface area (Å²) in [5, 5.41) is 2.95. The SMILES string of the molecule is CC12C=C(C(=O)N3CCCCC3)C=NC1N(CCCN1CCCC1=O)C(NC(=O)c1cccc(N)c1)=N2. The van der Waals surface area contributed by atoms with E-state index in [1.54, 1.807) is 30.5 Å². The fourth-order valence-corrected chi connectivity index (χ4v) is 5.57. The molecule has 10 heteroatoms. The number of likely N-dealkylation sites (tertiary alicyclic amines) is 2. The Morgan fingerprint density at radius 1 is 1.14 bits per heavy atom. The number of carbonyl (C=O) groups excluding carboxylic acids is 3. The van der Waals surface area contributed by atoms with Gasteiger partial charge < -0.3 is 20.4 Å². The van der Waals surface area contributed by atoms with Crippen LogP contribution in [0.2, 0.25) is 0 Å². The number of nitrogens with two attached hydrogens (primary N) is 1. The van der Waals surface area contributed by atoms with Crippen LogP contribution in [0.15, 0.2) is 45.9 Å². The molecule has 0 saturated carbocycles. The fraction of sp³-hybridized carbons (Fsp3) is 0.519. The molecule has 0 radical (unpaired) electrons. The van der Waals surface area contributed by atoms with Crippen LogP contribution in [0.4, 0.5) is 5.69 Å². The number of piperidine rings is 1. The lowest BCUT2D eigenvalue weighted by Gasteiger charge is -2.34. The van der Waals surface area contributed by atoms with Gasteiger partial charge in [-0.05, 0) is 63.3 Å². The van der Waals surface area contributed by atoms with Crippen molar-refractivity contribution in [1.29, 1.82) is 0 Å². The number of amides is 3. The van der Waals surface area contributed by atoms with Crippen molar-refractivity contribution in [3.05, 3.63) is 41.5 Å². The van der Waals surface area contributed by atoms with Crippen molar-refractivity contribution in [2.75, 3.05) is 38.5 Å². The summed E-state index contributed by atoms with van der Waals surface area (Å²) in [6.07, 6.45) is 8.54. The first-order valence-corrected chi connectivity index (χ1v) is 13.2. The number of hydrogen-bond donors (Lipinski definition) is 2. The van der Waals surface area contributed by atoms with Crippen LogP contribution >= 0.6 is 0 Å². The van der Waals surface area contributed by atoms with Crippen LogP contribution in [0.5, 0.6) is 0 Å². The van der Waals surface area contributed by atoms with Gasteiger partial charge in [0.1, 0.15) is 5.54 Å². The zero-order valence-corrected chi connectivity index (χ0v) is 21.4. The van der Waals surface area contributed by atoms with Gasteiger partial charge in [-0.15, -0.1) is 0 Å². The molecule has 2 saturated heterocycles. The molecule has 2 unspecified atom stereocenters. The smallest absolute Gasteiger partial charge is 0.258 e. The first kappa shape index (κ1) is 25.0. The number of carbonyl (C=O) groups is 3. The molecule has 5 rings (SSSR count). The second-order valence-electron chi connectivity index (χ2n) is 10.4. The summed E-state index contributed by atoms with van der Waals surface area (Å²) in [5.74, 6) is 0.266. The number of hydrogen-bond acceptors (Lipinski definition) is 7. The molecule has 2 fully saturated rings. The van der Waals surface area contributed by atoms with Crippen molar-refractivity contribution in [2.45, 2.75) is 57.2 Å². The number of nitrogens with zero attached hydrogens (tertiary/aromatic N) is 5. The molecule has 3 amide bonds. The van der Waals surface area contributed by atoms with Gasteiger partial charge in [-0.25, -0.2) is 4.99 Å². The summed E-state index contributed by atoms with van der Waals surface area (Å²) >= 11 is 0. The first-order valence-electron chi connectivity index (χ1n) is 13.2. The standard InChI is InChI=1S/C27H35N7O3/c1-27-17-20(24(37)33-11-3-2-4-12-33)18-29-25(27)34(15-7-14-32-13-6-10-22(32)35)26(31-27)30-23(36)19-8-5-9-21(28)16-19/h5,8-9,16-18,25H,2-4,6-7,10-15,28H2,1H3,(H,30,31,36). The Morgan fingerprint density at radius 2 is 1.95 bits per heavy atom. The first-order chi connectivity index (χ1) is 17.8. The van der Waals surface area contributed by atoms with E-state index in [0.717, 1.165) is 45.3 Å². The molecule has 3 N–H and O–H groups in total. The van der Waals surface area contributed by atoms with Crippen molar-refractivity contribution in [3.8, 4) is 0 Å². The van der Waals surface area contributed by atoms with Crippen LogP contribution in [0.25, 0.3) is 0 Å². The van der Waals surface area contributed by atoms with E-state index < -0.39 is 11.7 Å². The van der Waals surface area contributed by atoms with E-state index in [9.17, 15) is 14.4 Å². The molecule has 0 aromatic heterocycles. The largest absolute Gasteiger partial charge is 0.399 e. The molecule has 0 spiro atoms. The molecular weight excluding hydrogens is 470 g/mol. The summed E-state index contributed by atoms with van der Waals surface area (Å²) < 4.78 is 0. The normalized spacial score (nSPS) is 25.2. The van der Waals surface area contributed by atoms with Crippen molar-refractivity contribution in [3.63, 3.8) is 0 Å². The minimum Gasteiger partial charge on any atom is -0.399 e. The zero-order valence-electron chi connectivity index (χ0n) is 21.4. The Morgan fingerprint density at radius 3 is 2.68 bits per heavy atom. The second-order valence-corrected chi connectivity index (χ2v) is 10.4. The topological polar surface area (TPSA) is 124 Å². The lowest BCUT2D eigenvalue weighted by molar-refractivity contribution is -0.128. The van der Waals surface area contributed by atoms with Gasteiger partial charge in [-0.1, -0.05) is 6.07 Å². The highest BCUT2D eigenvalue weighted by Crippen LogP contribution is 2.34. The van der Waals surface area contributed by atoms with Crippen molar-refractivity contribution < 1.29 is 14.4 Å². The number of anilines is 1. The van der Waals surface area contributed by atoms with Gasteiger partial charge >= 0.3 is 0 Å². The van der Waals surface area contributed by atoms with E-state index >= 15 is 0 Å². The number of nitrogen functional groups attached to an aromatic ring is 1. The Hall–Kier alpha value is -3.69. The predicted octanol–water partition coefficient (Wildman–Crippen LogP) is 1.79. The molecule has 2 atom stereocenters. The predicted molar refractivity (Wildman–Crippen MR) is 142 cm³/mol. The van der Waals surface area contributed by atoms with E-state index in [0.29, 0.717) is 48.7 Å². The lowest BCUT2D eigenvalue weighted by Crippen LogP contribution is -2.50. The van der Waals surface area contributed by atoms with Crippen LogP contribution in [0.1, 0.15) is 55.8 Å². The van der Waals surface area contributed by atoms with Crippen LogP contribution < -0.4 is 11.1 Å². The molecular formula is C27H35N7O3. The summed E-state index contributed by atoms with van der Waals surface area (Å²) in [7, 11) is 0. The quantitative estimate of drug-likeness (QED) is 0.571. The van der Waals surface area contributed by atoms with Gasteiger partial charge in [0.2, 0.25) is 11.9 Å². The highest BCUT2D eigenvalue weighted by atomic mass is 16.2. The number of nitrogens with one attached hydrogen (secondary N) is 1. The molecule has 1 aromatic carbocycles. The third kappa shape index (κ3) is 5.23. The van der Waals surface area contributed by atoms with Crippen molar-refractivity contribution in [1.82, 2.24) is 20.0 Å². The van der Waals surface area contributed by atoms with E-state index in [4.69, 9.17) is 15.7 Å². The van der Waals surface area contributed by atoms with Crippen LogP contribution in [-0.4, -0.2) is 89.0 Å². The maximum atomic E-state index is 13.2. The van der Waals surface area contributed by atoms with Gasteiger partial charge in [0.05, 0.1) is 5.57 Å². The van der Waals surface area contributed by atoms with Gasteiger partial charge in [0, 0.05) is 56.6 Å². The number of guanidine groups is 1. The van der Waals surface area contributed by atoms with Crippen molar-refractivity contribution in [2.24, 2.45) is 9.98 Å². The van der Waals surface area contributed by atoms with Crippen LogP contribution in [0.3, 0.4) is 0 Å². The lowest BCUT2D eigenvalue weighted by atomic mass is 9.93. The maximum Gasteiger partial charge on any atom is 0.258 e. The van der Waals surface area contributed by atoms with E-state index in [-0.39, 0.29) is 17.7 Å².